The molecule has 1 amide bonds. The number of nitrogens with zero attached hydrogens (tertiary/aromatic N) is 1. The molecule has 0 aliphatic rings. The smallest absolute Gasteiger partial charge is 0.271 e. The highest BCUT2D eigenvalue weighted by Crippen LogP contribution is 2.31. The van der Waals surface area contributed by atoms with Gasteiger partial charge in [0.15, 0.2) is 0 Å². The highest BCUT2D eigenvalue weighted by atomic mass is 32.1. The Hall–Kier alpha value is -2.41. The van der Waals surface area contributed by atoms with Crippen LogP contribution in [0.4, 0.5) is 11.4 Å². The molecule has 0 aliphatic carbocycles. The van der Waals surface area contributed by atoms with Gasteiger partial charge in [-0.2, -0.15) is 0 Å². The number of anilines is 1. The molecule has 1 aromatic heterocycles. The van der Waals surface area contributed by atoms with Crippen LogP contribution in [-0.4, -0.2) is 17.9 Å². The molecule has 1 N–H and O–H groups in total. The van der Waals surface area contributed by atoms with Crippen molar-refractivity contribution in [1.82, 2.24) is 0 Å². The van der Waals surface area contributed by atoms with Gasteiger partial charge in [0.25, 0.3) is 11.6 Å². The molecule has 24 heavy (non-hydrogen) atoms. The lowest BCUT2D eigenvalue weighted by molar-refractivity contribution is -0.384. The first-order valence-corrected chi connectivity index (χ1v) is 8.57. The van der Waals surface area contributed by atoms with Crippen molar-refractivity contribution in [2.45, 2.75) is 33.1 Å². The highest BCUT2D eigenvalue weighted by Gasteiger charge is 2.17. The molecule has 1 heterocycles. The first kappa shape index (κ1) is 17.9. The lowest BCUT2D eigenvalue weighted by atomic mass is 10.1. The standard InChI is InChI=1S/C17H20N2O4S/c1-4-6-15-11(5-2)9-16(24-15)17(20)18-13-10-12(19(21)22)7-8-14(13)23-3/h7-10H,4-6H2,1-3H3,(H,18,20). The molecule has 0 aliphatic heterocycles. The maximum atomic E-state index is 12.5. The molecule has 0 unspecified atom stereocenters. The summed E-state index contributed by atoms with van der Waals surface area (Å²) < 4.78 is 5.17. The largest absolute Gasteiger partial charge is 0.495 e. The van der Waals surface area contributed by atoms with Crippen molar-refractivity contribution in [3.05, 3.63) is 49.7 Å². The van der Waals surface area contributed by atoms with E-state index in [-0.39, 0.29) is 11.6 Å². The Balaban J connectivity index is 2.29. The van der Waals surface area contributed by atoms with Gasteiger partial charge in [-0.15, -0.1) is 11.3 Å². The quantitative estimate of drug-likeness (QED) is 0.593. The van der Waals surface area contributed by atoms with E-state index in [2.05, 4.69) is 19.2 Å². The van der Waals surface area contributed by atoms with Crippen molar-refractivity contribution in [3.63, 3.8) is 0 Å². The van der Waals surface area contributed by atoms with Gasteiger partial charge >= 0.3 is 0 Å². The number of methoxy groups -OCH3 is 1. The molecule has 7 heteroatoms. The summed E-state index contributed by atoms with van der Waals surface area (Å²) >= 11 is 1.47. The Morgan fingerprint density at radius 3 is 2.67 bits per heavy atom. The lowest BCUT2D eigenvalue weighted by Crippen LogP contribution is -2.11. The number of hydrogen-bond acceptors (Lipinski definition) is 5. The zero-order valence-electron chi connectivity index (χ0n) is 13.9. The second kappa shape index (κ2) is 7.92. The molecule has 0 saturated heterocycles. The van der Waals surface area contributed by atoms with Gasteiger partial charge in [0.1, 0.15) is 5.75 Å². The number of thiophene rings is 1. The fourth-order valence-corrected chi connectivity index (χ4v) is 3.66. The molecule has 128 valence electrons. The normalized spacial score (nSPS) is 10.5. The van der Waals surface area contributed by atoms with Crippen LogP contribution in [-0.2, 0) is 12.8 Å². The minimum atomic E-state index is -0.505. The van der Waals surface area contributed by atoms with Gasteiger partial charge in [-0.05, 0) is 30.5 Å². The Labute approximate surface area is 144 Å². The molecule has 0 spiro atoms. The van der Waals surface area contributed by atoms with E-state index < -0.39 is 4.92 Å². The second-order valence-electron chi connectivity index (χ2n) is 5.26. The number of carbonyl (C=O) groups is 1. The van der Waals surface area contributed by atoms with Crippen LogP contribution < -0.4 is 10.1 Å². The topological polar surface area (TPSA) is 81.5 Å². The summed E-state index contributed by atoms with van der Waals surface area (Å²) in [6.07, 6.45) is 2.84. The minimum absolute atomic E-state index is 0.0989. The summed E-state index contributed by atoms with van der Waals surface area (Å²) in [7, 11) is 1.45. The number of hydrogen-bond donors (Lipinski definition) is 1. The summed E-state index contributed by atoms with van der Waals surface area (Å²) in [5.41, 5.74) is 1.37. The number of rotatable bonds is 7. The van der Waals surface area contributed by atoms with Crippen LogP contribution in [0.1, 0.15) is 40.4 Å². The molecule has 2 rings (SSSR count). The third-order valence-corrected chi connectivity index (χ3v) is 4.86. The number of amides is 1. The third-order valence-electron chi connectivity index (χ3n) is 3.62. The molecule has 1 aromatic carbocycles. The van der Waals surface area contributed by atoms with Crippen molar-refractivity contribution >= 4 is 28.6 Å². The summed E-state index contributed by atoms with van der Waals surface area (Å²) in [6, 6.07) is 6.02. The third kappa shape index (κ3) is 3.91. The summed E-state index contributed by atoms with van der Waals surface area (Å²) in [6.45, 7) is 4.17. The fourth-order valence-electron chi connectivity index (χ4n) is 2.41. The minimum Gasteiger partial charge on any atom is -0.495 e. The summed E-state index contributed by atoms with van der Waals surface area (Å²) in [5.74, 6) is 0.103. The molecule has 0 radical (unpaired) electrons. The molecular formula is C17H20N2O4S. The van der Waals surface area contributed by atoms with E-state index in [1.165, 1.54) is 47.1 Å². The van der Waals surface area contributed by atoms with E-state index >= 15 is 0 Å². The molecule has 0 atom stereocenters. The Morgan fingerprint density at radius 1 is 1.33 bits per heavy atom. The van der Waals surface area contributed by atoms with E-state index in [0.29, 0.717) is 16.3 Å². The second-order valence-corrected chi connectivity index (χ2v) is 6.40. The van der Waals surface area contributed by atoms with Gasteiger partial charge in [0.05, 0.1) is 22.6 Å². The number of carbonyl (C=O) groups excluding carboxylic acids is 1. The molecular weight excluding hydrogens is 328 g/mol. The van der Waals surface area contributed by atoms with Gasteiger partial charge in [0.2, 0.25) is 0 Å². The van der Waals surface area contributed by atoms with Gasteiger partial charge in [-0.25, -0.2) is 0 Å². The number of nitrogens with one attached hydrogen (secondary N) is 1. The predicted octanol–water partition coefficient (Wildman–Crippen LogP) is 4.43. The van der Waals surface area contributed by atoms with Crippen LogP contribution in [0.15, 0.2) is 24.3 Å². The van der Waals surface area contributed by atoms with Crippen molar-refractivity contribution in [2.24, 2.45) is 0 Å². The number of benzene rings is 1. The molecule has 0 bridgehead atoms. The Kier molecular flexibility index (Phi) is 5.92. The summed E-state index contributed by atoms with van der Waals surface area (Å²) in [5, 5.41) is 13.6. The van der Waals surface area contributed by atoms with E-state index in [4.69, 9.17) is 4.74 Å². The highest BCUT2D eigenvalue weighted by molar-refractivity contribution is 7.14. The van der Waals surface area contributed by atoms with Crippen LogP contribution in [0, 0.1) is 10.1 Å². The molecule has 2 aromatic rings. The van der Waals surface area contributed by atoms with Gasteiger partial charge in [-0.1, -0.05) is 20.3 Å². The monoisotopic (exact) mass is 348 g/mol. The number of non-ortho nitro benzene ring substituents is 1. The van der Waals surface area contributed by atoms with E-state index in [9.17, 15) is 14.9 Å². The molecule has 0 fully saturated rings. The van der Waals surface area contributed by atoms with Crippen LogP contribution in [0.5, 0.6) is 5.75 Å². The van der Waals surface area contributed by atoms with Crippen molar-refractivity contribution < 1.29 is 14.5 Å². The van der Waals surface area contributed by atoms with Crippen molar-refractivity contribution in [2.75, 3.05) is 12.4 Å². The maximum absolute atomic E-state index is 12.5. The van der Waals surface area contributed by atoms with Crippen molar-refractivity contribution in [3.8, 4) is 5.75 Å². The Bertz CT molecular complexity index is 755. The van der Waals surface area contributed by atoms with Crippen LogP contribution in [0.2, 0.25) is 0 Å². The fraction of sp³-hybridized carbons (Fsp3) is 0.353. The lowest BCUT2D eigenvalue weighted by Gasteiger charge is -2.09. The molecule has 6 nitrogen and oxygen atoms in total. The first-order chi connectivity index (χ1) is 11.5. The van der Waals surface area contributed by atoms with Crippen LogP contribution in [0.25, 0.3) is 0 Å². The number of nitro benzene ring substituents is 1. The average molecular weight is 348 g/mol. The van der Waals surface area contributed by atoms with Crippen LogP contribution in [0.3, 0.4) is 0 Å². The van der Waals surface area contributed by atoms with Gasteiger partial charge in [0, 0.05) is 17.0 Å². The first-order valence-electron chi connectivity index (χ1n) is 7.75. The number of ether oxygens (including phenoxy) is 1. The molecule has 0 saturated carbocycles. The zero-order valence-corrected chi connectivity index (χ0v) is 14.7. The maximum Gasteiger partial charge on any atom is 0.271 e. The van der Waals surface area contributed by atoms with Crippen LogP contribution >= 0.6 is 11.3 Å². The van der Waals surface area contributed by atoms with E-state index in [1.54, 1.807) is 0 Å². The van der Waals surface area contributed by atoms with E-state index in [1.807, 2.05) is 6.07 Å². The van der Waals surface area contributed by atoms with E-state index in [0.717, 1.165) is 19.3 Å². The summed E-state index contributed by atoms with van der Waals surface area (Å²) in [4.78, 5) is 24.8. The van der Waals surface area contributed by atoms with Gasteiger partial charge < -0.3 is 10.1 Å². The number of nitro groups is 1. The average Bonchev–Trinajstić information content (AvgIpc) is 2.98. The number of aryl methyl sites for hydroxylation is 2. The van der Waals surface area contributed by atoms with Gasteiger partial charge in [-0.3, -0.25) is 14.9 Å². The Morgan fingerprint density at radius 2 is 2.08 bits per heavy atom. The SMILES string of the molecule is CCCc1sc(C(=O)Nc2cc([N+](=O)[O-])ccc2OC)cc1CC. The predicted molar refractivity (Wildman–Crippen MR) is 95.3 cm³/mol. The zero-order chi connectivity index (χ0) is 17.7. The van der Waals surface area contributed by atoms with Crippen molar-refractivity contribution in [1.29, 1.82) is 0 Å².